The molecular weight excluding hydrogens is 380 g/mol. The van der Waals surface area contributed by atoms with E-state index in [4.69, 9.17) is 0 Å². The summed E-state index contributed by atoms with van der Waals surface area (Å²) in [6.45, 7) is 4.22. The molecule has 1 saturated carbocycles. The second kappa shape index (κ2) is 10.2. The minimum absolute atomic E-state index is 0.0818. The highest BCUT2D eigenvalue weighted by Gasteiger charge is 2.43. The van der Waals surface area contributed by atoms with Gasteiger partial charge in [-0.15, -0.1) is 0 Å². The van der Waals surface area contributed by atoms with Crippen LogP contribution in [0.15, 0.2) is 0 Å². The number of alkyl halides is 1. The normalized spacial score (nSPS) is 34.9. The Balaban J connectivity index is 1.73. The molecule has 0 bridgehead atoms. The van der Waals surface area contributed by atoms with Gasteiger partial charge in [-0.05, 0) is 38.3 Å². The second-order valence-electron chi connectivity index (χ2n) is 8.00. The van der Waals surface area contributed by atoms with E-state index in [1.165, 1.54) is 57.8 Å². The van der Waals surface area contributed by atoms with Crippen LogP contribution >= 0.6 is 15.9 Å². The van der Waals surface area contributed by atoms with Gasteiger partial charge >= 0.3 is 0 Å². The smallest absolute Gasteiger partial charge is 0.249 e. The zero-order valence-electron chi connectivity index (χ0n) is 15.4. The molecule has 3 fully saturated rings. The Bertz CT molecular complexity index is 404. The number of nitrogens with one attached hydrogen (secondary N) is 3. The molecule has 1 aliphatic carbocycles. The van der Waals surface area contributed by atoms with Gasteiger partial charge in [-0.3, -0.25) is 15.1 Å². The number of halogens is 1. The molecule has 0 aromatic rings. The zero-order valence-corrected chi connectivity index (χ0v) is 17.0. The molecule has 0 spiro atoms. The lowest BCUT2D eigenvalue weighted by Crippen LogP contribution is -2.69. The van der Waals surface area contributed by atoms with Gasteiger partial charge in [0.1, 0.15) is 4.83 Å². The molecule has 3 N–H and O–H groups in total. The molecule has 0 aromatic carbocycles. The van der Waals surface area contributed by atoms with Crippen molar-refractivity contribution in [1.29, 1.82) is 0 Å². The minimum atomic E-state index is -0.118. The number of hydrogen-bond acceptors (Lipinski definition) is 4. The molecule has 2 saturated heterocycles. The molecular formula is C19H35BrN4O. The van der Waals surface area contributed by atoms with Crippen molar-refractivity contribution in [1.82, 2.24) is 21.1 Å². The van der Waals surface area contributed by atoms with Crippen molar-refractivity contribution in [2.75, 3.05) is 26.2 Å². The molecule has 144 valence electrons. The molecule has 3 aliphatic rings. The zero-order chi connectivity index (χ0) is 17.5. The van der Waals surface area contributed by atoms with Crippen molar-refractivity contribution in [2.45, 2.75) is 81.1 Å². The van der Waals surface area contributed by atoms with E-state index in [2.05, 4.69) is 37.0 Å². The number of rotatable bonds is 2. The lowest BCUT2D eigenvalue weighted by atomic mass is 9.81. The number of hydrogen-bond donors (Lipinski definition) is 3. The van der Waals surface area contributed by atoms with Gasteiger partial charge in [0.15, 0.2) is 0 Å². The third kappa shape index (κ3) is 5.41. The van der Waals surface area contributed by atoms with Crippen molar-refractivity contribution < 1.29 is 4.79 Å². The maximum atomic E-state index is 12.3. The first-order valence-electron chi connectivity index (χ1n) is 10.4. The highest BCUT2D eigenvalue weighted by molar-refractivity contribution is 9.10. The van der Waals surface area contributed by atoms with Crippen LogP contribution in [0, 0.1) is 5.92 Å². The van der Waals surface area contributed by atoms with Gasteiger partial charge in [-0.2, -0.15) is 0 Å². The maximum Gasteiger partial charge on any atom is 0.249 e. The number of carbonyl (C=O) groups excluding carboxylic acids is 1. The SMILES string of the molecule is O=C1NNC(C2CCCCCCCCC2)C(N2CCCNCC2)C1Br. The van der Waals surface area contributed by atoms with Crippen LogP contribution in [-0.4, -0.2) is 53.9 Å². The van der Waals surface area contributed by atoms with Crippen LogP contribution in [0.3, 0.4) is 0 Å². The van der Waals surface area contributed by atoms with E-state index in [1.54, 1.807) is 0 Å². The van der Waals surface area contributed by atoms with Gasteiger partial charge in [-0.25, -0.2) is 5.43 Å². The lowest BCUT2D eigenvalue weighted by molar-refractivity contribution is -0.126. The number of amides is 1. The van der Waals surface area contributed by atoms with E-state index in [9.17, 15) is 4.79 Å². The molecule has 1 amide bonds. The van der Waals surface area contributed by atoms with Crippen molar-refractivity contribution in [2.24, 2.45) is 5.92 Å². The summed E-state index contributed by atoms with van der Waals surface area (Å²) in [5.41, 5.74) is 6.38. The van der Waals surface area contributed by atoms with Crippen LogP contribution in [0.5, 0.6) is 0 Å². The summed E-state index contributed by atoms with van der Waals surface area (Å²) >= 11 is 3.74. The largest absolute Gasteiger partial charge is 0.315 e. The first kappa shape index (κ1) is 19.6. The third-order valence-electron chi connectivity index (χ3n) is 6.23. The molecule has 2 aliphatic heterocycles. The highest BCUT2D eigenvalue weighted by Crippen LogP contribution is 2.31. The van der Waals surface area contributed by atoms with Crippen molar-refractivity contribution in [3.8, 4) is 0 Å². The number of hydrazine groups is 1. The molecule has 0 radical (unpaired) electrons. The Labute approximate surface area is 161 Å². The van der Waals surface area contributed by atoms with Crippen LogP contribution in [0.25, 0.3) is 0 Å². The van der Waals surface area contributed by atoms with Crippen LogP contribution in [-0.2, 0) is 4.79 Å². The van der Waals surface area contributed by atoms with Gasteiger partial charge in [0.2, 0.25) is 5.91 Å². The first-order valence-corrected chi connectivity index (χ1v) is 11.3. The van der Waals surface area contributed by atoms with Gasteiger partial charge < -0.3 is 5.32 Å². The lowest BCUT2D eigenvalue weighted by Gasteiger charge is -2.45. The minimum Gasteiger partial charge on any atom is -0.315 e. The van der Waals surface area contributed by atoms with Crippen LogP contribution < -0.4 is 16.2 Å². The molecule has 6 heteroatoms. The van der Waals surface area contributed by atoms with E-state index >= 15 is 0 Å². The van der Waals surface area contributed by atoms with Crippen LogP contribution in [0.1, 0.15) is 64.2 Å². The van der Waals surface area contributed by atoms with E-state index in [0.29, 0.717) is 12.0 Å². The van der Waals surface area contributed by atoms with Crippen molar-refractivity contribution in [3.05, 3.63) is 0 Å². The average molecular weight is 415 g/mol. The molecule has 3 rings (SSSR count). The average Bonchev–Trinajstić information content (AvgIpc) is 2.91. The monoisotopic (exact) mass is 414 g/mol. The quantitative estimate of drug-likeness (QED) is 0.607. The molecule has 3 unspecified atom stereocenters. The van der Waals surface area contributed by atoms with E-state index < -0.39 is 0 Å². The summed E-state index contributed by atoms with van der Waals surface area (Å²) < 4.78 is 0. The Morgan fingerprint density at radius 2 is 1.56 bits per heavy atom. The molecule has 3 atom stereocenters. The van der Waals surface area contributed by atoms with Gasteiger partial charge in [0.05, 0.1) is 0 Å². The predicted octanol–water partition coefficient (Wildman–Crippen LogP) is 2.56. The van der Waals surface area contributed by atoms with Crippen molar-refractivity contribution >= 4 is 21.8 Å². The van der Waals surface area contributed by atoms with E-state index in [-0.39, 0.29) is 16.8 Å². The fourth-order valence-corrected chi connectivity index (χ4v) is 5.60. The third-order valence-corrected chi connectivity index (χ3v) is 7.19. The van der Waals surface area contributed by atoms with Gasteiger partial charge in [-0.1, -0.05) is 60.9 Å². The summed E-state index contributed by atoms with van der Waals surface area (Å²) in [5, 5.41) is 3.49. The molecule has 25 heavy (non-hydrogen) atoms. The standard InChI is InChI=1S/C19H35BrN4O/c20-16-18(24-13-8-11-21-12-14-24)17(22-23-19(16)25)15-9-6-4-2-1-3-5-7-10-15/h15-18,21-22H,1-14H2,(H,23,25). The topological polar surface area (TPSA) is 56.4 Å². The Morgan fingerprint density at radius 1 is 0.880 bits per heavy atom. The summed E-state index contributed by atoms with van der Waals surface area (Å²) in [6, 6.07) is 0.598. The summed E-state index contributed by atoms with van der Waals surface area (Å²) in [6.07, 6.45) is 13.3. The van der Waals surface area contributed by atoms with E-state index in [0.717, 1.165) is 32.6 Å². The first-order chi connectivity index (χ1) is 12.3. The fraction of sp³-hybridized carbons (Fsp3) is 0.947. The summed E-state index contributed by atoms with van der Waals surface area (Å²) in [4.78, 5) is 14.8. The molecule has 0 aromatic heterocycles. The fourth-order valence-electron chi connectivity index (χ4n) is 4.82. The molecule has 2 heterocycles. The Hall–Kier alpha value is -0.170. The van der Waals surface area contributed by atoms with E-state index in [1.807, 2.05) is 0 Å². The van der Waals surface area contributed by atoms with Gasteiger partial charge in [0.25, 0.3) is 0 Å². The summed E-state index contributed by atoms with van der Waals surface area (Å²) in [7, 11) is 0. The maximum absolute atomic E-state index is 12.3. The van der Waals surface area contributed by atoms with Crippen LogP contribution in [0.2, 0.25) is 0 Å². The second-order valence-corrected chi connectivity index (χ2v) is 8.99. The molecule has 5 nitrogen and oxygen atoms in total. The Kier molecular flexibility index (Phi) is 8.02. The predicted molar refractivity (Wildman–Crippen MR) is 106 cm³/mol. The summed E-state index contributed by atoms with van der Waals surface area (Å²) in [5.74, 6) is 0.735. The van der Waals surface area contributed by atoms with Crippen molar-refractivity contribution in [3.63, 3.8) is 0 Å². The highest BCUT2D eigenvalue weighted by atomic mass is 79.9. The number of carbonyl (C=O) groups is 1. The van der Waals surface area contributed by atoms with Crippen LogP contribution in [0.4, 0.5) is 0 Å². The Morgan fingerprint density at radius 3 is 2.28 bits per heavy atom. The number of nitrogens with zero attached hydrogens (tertiary/aromatic N) is 1. The van der Waals surface area contributed by atoms with Gasteiger partial charge in [0, 0.05) is 25.2 Å².